The number of imidazole rings is 1. The number of carbonyl (C=O) groups is 1. The van der Waals surface area contributed by atoms with Crippen molar-refractivity contribution >= 4 is 12.0 Å². The van der Waals surface area contributed by atoms with Gasteiger partial charge in [0.05, 0.1) is 4.92 Å². The lowest BCUT2D eigenvalue weighted by Gasteiger charge is -2.03. The van der Waals surface area contributed by atoms with E-state index in [0.717, 1.165) is 5.56 Å². The van der Waals surface area contributed by atoms with E-state index in [4.69, 9.17) is 0 Å². The van der Waals surface area contributed by atoms with Crippen LogP contribution in [0.3, 0.4) is 0 Å². The van der Waals surface area contributed by atoms with Crippen molar-refractivity contribution in [2.24, 2.45) is 0 Å². The summed E-state index contributed by atoms with van der Waals surface area (Å²) in [4.78, 5) is 24.5. The molecule has 0 atom stereocenters. The van der Waals surface area contributed by atoms with Crippen LogP contribution in [0.15, 0.2) is 36.7 Å². The number of aldehydes is 1. The molecule has 17 heavy (non-hydrogen) atoms. The van der Waals surface area contributed by atoms with Crippen LogP contribution < -0.4 is 0 Å². The van der Waals surface area contributed by atoms with Gasteiger partial charge in [-0.05, 0) is 5.56 Å². The maximum absolute atomic E-state index is 10.6. The molecule has 0 bridgehead atoms. The molecule has 0 fully saturated rings. The van der Waals surface area contributed by atoms with E-state index in [2.05, 4.69) is 4.98 Å². The van der Waals surface area contributed by atoms with Gasteiger partial charge in [0.25, 0.3) is 5.69 Å². The summed E-state index contributed by atoms with van der Waals surface area (Å²) in [6, 6.07) is 6.19. The smallest absolute Gasteiger partial charge is 0.269 e. The highest BCUT2D eigenvalue weighted by Crippen LogP contribution is 2.13. The monoisotopic (exact) mass is 231 g/mol. The summed E-state index contributed by atoms with van der Waals surface area (Å²) >= 11 is 0. The third-order valence-corrected chi connectivity index (χ3v) is 2.35. The molecule has 1 aromatic heterocycles. The Morgan fingerprint density at radius 2 is 2.06 bits per heavy atom. The minimum absolute atomic E-state index is 0.0509. The second-order valence-corrected chi connectivity index (χ2v) is 3.45. The first kappa shape index (κ1) is 11.0. The molecule has 6 nitrogen and oxygen atoms in total. The Labute approximate surface area is 96.7 Å². The normalized spacial score (nSPS) is 10.1. The van der Waals surface area contributed by atoms with E-state index in [1.807, 2.05) is 0 Å². The number of aromatic nitrogens is 2. The number of benzene rings is 1. The zero-order valence-electron chi connectivity index (χ0n) is 8.81. The molecule has 0 aliphatic carbocycles. The van der Waals surface area contributed by atoms with E-state index in [-0.39, 0.29) is 5.69 Å². The van der Waals surface area contributed by atoms with Gasteiger partial charge in [-0.15, -0.1) is 0 Å². The quantitative estimate of drug-likeness (QED) is 0.455. The average Bonchev–Trinajstić information content (AvgIpc) is 2.77. The highest BCUT2D eigenvalue weighted by atomic mass is 16.6. The minimum Gasteiger partial charge on any atom is -0.324 e. The van der Waals surface area contributed by atoms with Crippen LogP contribution in [0.1, 0.15) is 16.2 Å². The standard InChI is InChI=1S/C11H9N3O3/c15-8-11-12-5-6-13(11)7-9-1-3-10(4-2-9)14(16)17/h1-6,8H,7H2. The topological polar surface area (TPSA) is 78.0 Å². The molecule has 0 aliphatic rings. The number of nitrogens with zero attached hydrogens (tertiary/aromatic N) is 3. The molecule has 1 aromatic carbocycles. The molecule has 2 rings (SSSR count). The lowest BCUT2D eigenvalue weighted by Crippen LogP contribution is -2.03. The van der Waals surface area contributed by atoms with E-state index in [0.29, 0.717) is 18.7 Å². The van der Waals surface area contributed by atoms with Crippen LogP contribution in [0.5, 0.6) is 0 Å². The predicted octanol–water partition coefficient (Wildman–Crippen LogP) is 1.65. The molecule has 0 radical (unpaired) electrons. The SMILES string of the molecule is O=Cc1nccn1Cc1ccc([N+](=O)[O-])cc1. The summed E-state index contributed by atoms with van der Waals surface area (Å²) in [5.74, 6) is 0.336. The maximum atomic E-state index is 10.6. The fourth-order valence-electron chi connectivity index (χ4n) is 1.49. The number of hydrogen-bond acceptors (Lipinski definition) is 4. The van der Waals surface area contributed by atoms with Crippen molar-refractivity contribution in [3.63, 3.8) is 0 Å². The van der Waals surface area contributed by atoms with Crippen LogP contribution in [-0.2, 0) is 6.54 Å². The van der Waals surface area contributed by atoms with Gasteiger partial charge in [-0.3, -0.25) is 14.9 Å². The zero-order valence-corrected chi connectivity index (χ0v) is 8.81. The Kier molecular flexibility index (Phi) is 2.95. The van der Waals surface area contributed by atoms with Crippen LogP contribution in [0.2, 0.25) is 0 Å². The van der Waals surface area contributed by atoms with E-state index in [1.54, 1.807) is 22.9 Å². The Morgan fingerprint density at radius 1 is 1.35 bits per heavy atom. The molecule has 0 N–H and O–H groups in total. The molecule has 0 amide bonds. The zero-order chi connectivity index (χ0) is 12.3. The Morgan fingerprint density at radius 3 is 2.65 bits per heavy atom. The van der Waals surface area contributed by atoms with Crippen molar-refractivity contribution in [3.05, 3.63) is 58.2 Å². The van der Waals surface area contributed by atoms with Crippen LogP contribution in [0.4, 0.5) is 5.69 Å². The average molecular weight is 231 g/mol. The molecule has 86 valence electrons. The fraction of sp³-hybridized carbons (Fsp3) is 0.0909. The van der Waals surface area contributed by atoms with E-state index in [1.165, 1.54) is 18.3 Å². The molecule has 0 aliphatic heterocycles. The van der Waals surface area contributed by atoms with Crippen molar-refractivity contribution in [1.82, 2.24) is 9.55 Å². The van der Waals surface area contributed by atoms with Gasteiger partial charge in [0.1, 0.15) is 0 Å². The largest absolute Gasteiger partial charge is 0.324 e. The molecular formula is C11H9N3O3. The van der Waals surface area contributed by atoms with Crippen molar-refractivity contribution in [1.29, 1.82) is 0 Å². The van der Waals surface area contributed by atoms with E-state index >= 15 is 0 Å². The second-order valence-electron chi connectivity index (χ2n) is 3.45. The van der Waals surface area contributed by atoms with Gasteiger partial charge in [-0.2, -0.15) is 0 Å². The Balaban J connectivity index is 2.19. The van der Waals surface area contributed by atoms with Crippen molar-refractivity contribution in [2.75, 3.05) is 0 Å². The maximum Gasteiger partial charge on any atom is 0.269 e. The van der Waals surface area contributed by atoms with Crippen LogP contribution in [0, 0.1) is 10.1 Å². The number of rotatable bonds is 4. The predicted molar refractivity (Wildman–Crippen MR) is 59.8 cm³/mol. The van der Waals surface area contributed by atoms with Gasteiger partial charge < -0.3 is 4.57 Å². The molecule has 0 unspecified atom stereocenters. The van der Waals surface area contributed by atoms with Crippen molar-refractivity contribution in [3.8, 4) is 0 Å². The Hall–Kier alpha value is -2.50. The van der Waals surface area contributed by atoms with E-state index < -0.39 is 4.92 Å². The summed E-state index contributed by atoms with van der Waals surface area (Å²) in [6.07, 6.45) is 3.89. The summed E-state index contributed by atoms with van der Waals surface area (Å²) in [7, 11) is 0. The summed E-state index contributed by atoms with van der Waals surface area (Å²) < 4.78 is 1.67. The summed E-state index contributed by atoms with van der Waals surface area (Å²) in [6.45, 7) is 0.464. The molecule has 0 saturated heterocycles. The summed E-state index contributed by atoms with van der Waals surface area (Å²) in [5, 5.41) is 10.5. The van der Waals surface area contributed by atoms with Crippen LogP contribution >= 0.6 is 0 Å². The lowest BCUT2D eigenvalue weighted by atomic mass is 10.2. The first-order chi connectivity index (χ1) is 8.20. The second kappa shape index (κ2) is 4.56. The summed E-state index contributed by atoms with van der Waals surface area (Å²) in [5.41, 5.74) is 0.923. The molecule has 6 heteroatoms. The van der Waals surface area contributed by atoms with Gasteiger partial charge in [0.15, 0.2) is 12.1 Å². The Bertz CT molecular complexity index is 545. The molecule has 2 aromatic rings. The first-order valence-corrected chi connectivity index (χ1v) is 4.90. The molecular weight excluding hydrogens is 222 g/mol. The van der Waals surface area contributed by atoms with Gasteiger partial charge >= 0.3 is 0 Å². The van der Waals surface area contributed by atoms with Crippen LogP contribution in [-0.4, -0.2) is 20.8 Å². The third kappa shape index (κ3) is 2.36. The fourth-order valence-corrected chi connectivity index (χ4v) is 1.49. The van der Waals surface area contributed by atoms with Crippen molar-refractivity contribution in [2.45, 2.75) is 6.54 Å². The van der Waals surface area contributed by atoms with Gasteiger partial charge in [0, 0.05) is 31.1 Å². The molecule has 1 heterocycles. The number of non-ortho nitro benzene ring substituents is 1. The lowest BCUT2D eigenvalue weighted by molar-refractivity contribution is -0.384. The van der Waals surface area contributed by atoms with Crippen LogP contribution in [0.25, 0.3) is 0 Å². The number of nitro groups is 1. The number of hydrogen-bond donors (Lipinski definition) is 0. The highest BCUT2D eigenvalue weighted by molar-refractivity contribution is 5.69. The van der Waals surface area contributed by atoms with Gasteiger partial charge in [-0.1, -0.05) is 12.1 Å². The third-order valence-electron chi connectivity index (χ3n) is 2.35. The number of carbonyl (C=O) groups excluding carboxylic acids is 1. The van der Waals surface area contributed by atoms with Gasteiger partial charge in [0.2, 0.25) is 0 Å². The van der Waals surface area contributed by atoms with E-state index in [9.17, 15) is 14.9 Å². The highest BCUT2D eigenvalue weighted by Gasteiger charge is 2.05. The van der Waals surface area contributed by atoms with Gasteiger partial charge in [-0.25, -0.2) is 4.98 Å². The number of nitro benzene ring substituents is 1. The minimum atomic E-state index is -0.447. The molecule has 0 saturated carbocycles. The van der Waals surface area contributed by atoms with Crippen molar-refractivity contribution < 1.29 is 9.72 Å². The first-order valence-electron chi connectivity index (χ1n) is 4.90. The molecule has 0 spiro atoms.